The van der Waals surface area contributed by atoms with Crippen LogP contribution in [0.25, 0.3) is 0 Å². The lowest BCUT2D eigenvalue weighted by molar-refractivity contribution is -0.126. The third kappa shape index (κ3) is 2.33. The van der Waals surface area contributed by atoms with Gasteiger partial charge in [0.25, 0.3) is 0 Å². The van der Waals surface area contributed by atoms with E-state index in [1.807, 2.05) is 49.4 Å². The smallest absolute Gasteiger partial charge is 0.247 e. The fourth-order valence-corrected chi connectivity index (χ4v) is 2.82. The normalized spacial score (nSPS) is 21.3. The van der Waals surface area contributed by atoms with Crippen LogP contribution in [0.2, 0.25) is 5.02 Å². The maximum absolute atomic E-state index is 12.2. The molecule has 1 saturated heterocycles. The average molecular weight is 301 g/mol. The fourth-order valence-electron chi connectivity index (χ4n) is 2.69. The quantitative estimate of drug-likeness (QED) is 0.864. The highest BCUT2D eigenvalue weighted by Gasteiger charge is 2.46. The van der Waals surface area contributed by atoms with Gasteiger partial charge in [-0.05, 0) is 54.8 Å². The summed E-state index contributed by atoms with van der Waals surface area (Å²) in [6, 6.07) is 12.9. The van der Waals surface area contributed by atoms with Crippen molar-refractivity contribution in [2.24, 2.45) is 5.73 Å². The molecule has 1 heterocycles. The summed E-state index contributed by atoms with van der Waals surface area (Å²) >= 11 is 5.92. The molecule has 4 heteroatoms. The number of amides is 1. The Hall–Kier alpha value is -1.84. The Kier molecular flexibility index (Phi) is 3.47. The molecule has 0 saturated carbocycles. The van der Waals surface area contributed by atoms with Crippen LogP contribution in [0.1, 0.15) is 22.7 Å². The first-order valence-corrected chi connectivity index (χ1v) is 7.28. The molecule has 2 atom stereocenters. The summed E-state index contributed by atoms with van der Waals surface area (Å²) in [4.78, 5) is 13.9. The minimum atomic E-state index is -0.493. The molecule has 2 unspecified atom stereocenters. The average Bonchev–Trinajstić information content (AvgIpc) is 2.48. The number of halogens is 1. The fraction of sp³-hybridized carbons (Fsp3) is 0.235. The molecule has 2 N–H and O–H groups in total. The highest BCUT2D eigenvalue weighted by molar-refractivity contribution is 6.30. The Morgan fingerprint density at radius 1 is 1.05 bits per heavy atom. The van der Waals surface area contributed by atoms with Crippen LogP contribution in [-0.4, -0.2) is 11.9 Å². The van der Waals surface area contributed by atoms with Crippen LogP contribution in [0.5, 0.6) is 0 Å². The molecule has 2 aromatic rings. The van der Waals surface area contributed by atoms with Crippen molar-refractivity contribution in [1.29, 1.82) is 0 Å². The number of anilines is 1. The molecule has 2 aromatic carbocycles. The molecular formula is C17H17ClN2O. The van der Waals surface area contributed by atoms with E-state index in [4.69, 9.17) is 17.3 Å². The first kappa shape index (κ1) is 14.1. The lowest BCUT2D eigenvalue weighted by Crippen LogP contribution is -2.63. The maximum Gasteiger partial charge on any atom is 0.247 e. The molecule has 1 aliphatic rings. The van der Waals surface area contributed by atoms with Crippen LogP contribution in [0.3, 0.4) is 0 Å². The number of rotatable bonds is 2. The molecule has 108 valence electrons. The second-order valence-corrected chi connectivity index (χ2v) is 5.94. The number of aryl methyl sites for hydroxylation is 2. The van der Waals surface area contributed by atoms with E-state index in [2.05, 4.69) is 6.92 Å². The zero-order chi connectivity index (χ0) is 15.1. The van der Waals surface area contributed by atoms with Gasteiger partial charge in [-0.15, -0.1) is 0 Å². The SMILES string of the molecule is Cc1ccc(N2C(=O)C(N)C2c2ccc(Cl)cc2)cc1C. The number of carbonyl (C=O) groups excluding carboxylic acids is 1. The number of nitrogens with zero attached hydrogens (tertiary/aromatic N) is 1. The van der Waals surface area contributed by atoms with E-state index in [0.717, 1.165) is 16.8 Å². The van der Waals surface area contributed by atoms with E-state index in [1.165, 1.54) is 5.56 Å². The van der Waals surface area contributed by atoms with Crippen molar-refractivity contribution in [2.75, 3.05) is 4.90 Å². The second-order valence-electron chi connectivity index (χ2n) is 5.50. The van der Waals surface area contributed by atoms with Gasteiger partial charge >= 0.3 is 0 Å². The highest BCUT2D eigenvalue weighted by atomic mass is 35.5. The van der Waals surface area contributed by atoms with Crippen molar-refractivity contribution in [3.63, 3.8) is 0 Å². The van der Waals surface area contributed by atoms with Crippen LogP contribution in [0.15, 0.2) is 42.5 Å². The minimum absolute atomic E-state index is 0.0433. The zero-order valence-corrected chi connectivity index (χ0v) is 12.8. The zero-order valence-electron chi connectivity index (χ0n) is 12.0. The molecule has 0 radical (unpaired) electrons. The van der Waals surface area contributed by atoms with E-state index in [0.29, 0.717) is 5.02 Å². The van der Waals surface area contributed by atoms with Gasteiger partial charge in [-0.1, -0.05) is 29.8 Å². The molecule has 1 amide bonds. The van der Waals surface area contributed by atoms with Crippen molar-refractivity contribution >= 4 is 23.2 Å². The molecular weight excluding hydrogens is 284 g/mol. The van der Waals surface area contributed by atoms with E-state index < -0.39 is 6.04 Å². The Bertz CT molecular complexity index is 696. The Morgan fingerprint density at radius 2 is 1.71 bits per heavy atom. The number of nitrogens with two attached hydrogens (primary N) is 1. The van der Waals surface area contributed by atoms with Crippen molar-refractivity contribution < 1.29 is 4.79 Å². The van der Waals surface area contributed by atoms with Gasteiger partial charge in [0, 0.05) is 10.7 Å². The first-order valence-electron chi connectivity index (χ1n) is 6.90. The predicted octanol–water partition coefficient (Wildman–Crippen LogP) is 3.37. The minimum Gasteiger partial charge on any atom is -0.318 e. The Labute approximate surface area is 129 Å². The van der Waals surface area contributed by atoms with Gasteiger partial charge in [-0.3, -0.25) is 4.79 Å². The summed E-state index contributed by atoms with van der Waals surface area (Å²) < 4.78 is 0. The molecule has 21 heavy (non-hydrogen) atoms. The van der Waals surface area contributed by atoms with E-state index in [9.17, 15) is 4.79 Å². The largest absolute Gasteiger partial charge is 0.318 e. The lowest BCUT2D eigenvalue weighted by atomic mass is 9.88. The van der Waals surface area contributed by atoms with Gasteiger partial charge in [-0.2, -0.15) is 0 Å². The summed E-state index contributed by atoms with van der Waals surface area (Å²) in [5.41, 5.74) is 10.3. The van der Waals surface area contributed by atoms with Gasteiger partial charge in [0.05, 0.1) is 6.04 Å². The Morgan fingerprint density at radius 3 is 2.33 bits per heavy atom. The summed E-state index contributed by atoms with van der Waals surface area (Å²) in [5.74, 6) is -0.0433. The molecule has 3 nitrogen and oxygen atoms in total. The number of carbonyl (C=O) groups is 1. The van der Waals surface area contributed by atoms with Crippen molar-refractivity contribution in [1.82, 2.24) is 0 Å². The molecule has 0 bridgehead atoms. The summed E-state index contributed by atoms with van der Waals surface area (Å²) in [6.45, 7) is 4.10. The predicted molar refractivity (Wildman–Crippen MR) is 85.6 cm³/mol. The maximum atomic E-state index is 12.2. The Balaban J connectivity index is 1.98. The molecule has 0 aliphatic carbocycles. The third-order valence-electron chi connectivity index (χ3n) is 4.12. The first-order chi connectivity index (χ1) is 9.99. The topological polar surface area (TPSA) is 46.3 Å². The third-order valence-corrected chi connectivity index (χ3v) is 4.37. The summed E-state index contributed by atoms with van der Waals surface area (Å²) in [6.07, 6.45) is 0. The van der Waals surface area contributed by atoms with E-state index in [-0.39, 0.29) is 11.9 Å². The van der Waals surface area contributed by atoms with Crippen molar-refractivity contribution in [3.05, 3.63) is 64.2 Å². The van der Waals surface area contributed by atoms with Crippen LogP contribution >= 0.6 is 11.6 Å². The standard InChI is InChI=1S/C17H17ClN2O/c1-10-3-8-14(9-11(10)2)20-16(15(19)17(20)21)12-4-6-13(18)7-5-12/h3-9,15-16H,19H2,1-2H3. The summed E-state index contributed by atoms with van der Waals surface area (Å²) in [5, 5.41) is 0.677. The molecule has 3 rings (SSSR count). The van der Waals surface area contributed by atoms with Gasteiger partial charge in [0.1, 0.15) is 6.04 Å². The molecule has 1 aliphatic heterocycles. The monoisotopic (exact) mass is 300 g/mol. The van der Waals surface area contributed by atoms with E-state index >= 15 is 0 Å². The molecule has 0 spiro atoms. The van der Waals surface area contributed by atoms with Crippen molar-refractivity contribution in [2.45, 2.75) is 25.9 Å². The van der Waals surface area contributed by atoms with Crippen LogP contribution in [-0.2, 0) is 4.79 Å². The lowest BCUT2D eigenvalue weighted by Gasteiger charge is -2.45. The number of β-lactam (4-membered cyclic amide) rings is 1. The molecule has 1 fully saturated rings. The number of hydrogen-bond acceptors (Lipinski definition) is 2. The molecule has 0 aromatic heterocycles. The number of benzene rings is 2. The van der Waals surface area contributed by atoms with Crippen LogP contribution < -0.4 is 10.6 Å². The van der Waals surface area contributed by atoms with Crippen LogP contribution in [0.4, 0.5) is 5.69 Å². The van der Waals surface area contributed by atoms with Crippen molar-refractivity contribution in [3.8, 4) is 0 Å². The van der Waals surface area contributed by atoms with Gasteiger partial charge in [0.2, 0.25) is 5.91 Å². The second kappa shape index (κ2) is 5.17. The summed E-state index contributed by atoms with van der Waals surface area (Å²) in [7, 11) is 0. The number of hydrogen-bond donors (Lipinski definition) is 1. The van der Waals surface area contributed by atoms with Gasteiger partial charge < -0.3 is 10.6 Å². The van der Waals surface area contributed by atoms with Gasteiger partial charge in [-0.25, -0.2) is 0 Å². The van der Waals surface area contributed by atoms with Gasteiger partial charge in [0.15, 0.2) is 0 Å². The highest BCUT2D eigenvalue weighted by Crippen LogP contribution is 2.38. The van der Waals surface area contributed by atoms with Crippen LogP contribution in [0, 0.1) is 13.8 Å². The van der Waals surface area contributed by atoms with E-state index in [1.54, 1.807) is 4.90 Å².